The minimum atomic E-state index is -3.00. The van der Waals surface area contributed by atoms with Crippen molar-refractivity contribution in [3.05, 3.63) is 0 Å². The molecule has 7 heteroatoms. The largest absolute Gasteiger partial charge is 0.447 e. The Bertz CT molecular complexity index is 313. The molecule has 6 nitrogen and oxygen atoms in total. The third-order valence-corrected chi connectivity index (χ3v) is 3.85. The summed E-state index contributed by atoms with van der Waals surface area (Å²) >= 11 is 0. The van der Waals surface area contributed by atoms with Crippen LogP contribution in [0.4, 0.5) is 4.79 Å². The minimum Gasteiger partial charge on any atom is -0.447 e. The van der Waals surface area contributed by atoms with Crippen molar-refractivity contribution >= 4 is 15.9 Å². The molecule has 88 valence electrons. The Balaban J connectivity index is 2.47. The van der Waals surface area contributed by atoms with Gasteiger partial charge in [0.25, 0.3) is 0 Å². The van der Waals surface area contributed by atoms with Crippen LogP contribution in [0.5, 0.6) is 0 Å². The predicted octanol–water partition coefficient (Wildman–Crippen LogP) is -0.764. The van der Waals surface area contributed by atoms with Gasteiger partial charge in [-0.3, -0.25) is 0 Å². The molecule has 1 heterocycles. The molecule has 0 bridgehead atoms. The van der Waals surface area contributed by atoms with Crippen LogP contribution in [-0.2, 0) is 14.6 Å². The van der Waals surface area contributed by atoms with Gasteiger partial charge in [0.05, 0.1) is 18.1 Å². The number of amides is 1. The summed E-state index contributed by atoms with van der Waals surface area (Å²) in [5.41, 5.74) is 0. The average molecular weight is 237 g/mol. The quantitative estimate of drug-likeness (QED) is 0.682. The number of nitrogens with zero attached hydrogens (tertiary/aromatic N) is 1. The van der Waals surface area contributed by atoms with E-state index < -0.39 is 15.9 Å². The van der Waals surface area contributed by atoms with E-state index in [2.05, 4.69) is 0 Å². The van der Waals surface area contributed by atoms with E-state index in [1.807, 2.05) is 0 Å². The van der Waals surface area contributed by atoms with Crippen molar-refractivity contribution in [2.75, 3.05) is 37.8 Å². The number of hydrogen-bond donors (Lipinski definition) is 1. The first-order valence-corrected chi connectivity index (χ1v) is 6.60. The van der Waals surface area contributed by atoms with Gasteiger partial charge in [0.1, 0.15) is 6.61 Å². The fourth-order valence-corrected chi connectivity index (χ4v) is 2.62. The molecule has 15 heavy (non-hydrogen) atoms. The van der Waals surface area contributed by atoms with E-state index in [0.29, 0.717) is 13.0 Å². The molecule has 1 amide bonds. The number of aliphatic hydroxyl groups excluding tert-OH is 1. The summed E-state index contributed by atoms with van der Waals surface area (Å²) in [6.45, 7) is 0.288. The Hall–Kier alpha value is -0.820. The molecular formula is C8H15NO5S. The number of aliphatic hydroxyl groups is 1. The monoisotopic (exact) mass is 237 g/mol. The van der Waals surface area contributed by atoms with Crippen molar-refractivity contribution in [1.29, 1.82) is 0 Å². The molecule has 0 aromatic rings. The maximum absolute atomic E-state index is 11.3. The molecule has 0 aliphatic carbocycles. The third-order valence-electron chi connectivity index (χ3n) is 2.13. The van der Waals surface area contributed by atoms with Crippen LogP contribution in [0.15, 0.2) is 0 Å². The van der Waals surface area contributed by atoms with Crippen LogP contribution in [0, 0.1) is 0 Å². The Kier molecular flexibility index (Phi) is 4.34. The number of hydrogen-bond acceptors (Lipinski definition) is 5. The topological polar surface area (TPSA) is 83.9 Å². The number of carbonyl (C=O) groups is 1. The third kappa shape index (κ3) is 4.05. The van der Waals surface area contributed by atoms with Gasteiger partial charge in [-0.1, -0.05) is 0 Å². The highest BCUT2D eigenvalue weighted by atomic mass is 32.2. The van der Waals surface area contributed by atoms with Crippen LogP contribution in [0.1, 0.15) is 6.42 Å². The van der Waals surface area contributed by atoms with Crippen LogP contribution in [0.25, 0.3) is 0 Å². The fraction of sp³-hybridized carbons (Fsp3) is 0.875. The van der Waals surface area contributed by atoms with Crippen LogP contribution in [0.3, 0.4) is 0 Å². The molecule has 0 radical (unpaired) electrons. The zero-order valence-corrected chi connectivity index (χ0v) is 9.20. The van der Waals surface area contributed by atoms with E-state index in [0.717, 1.165) is 0 Å². The van der Waals surface area contributed by atoms with Gasteiger partial charge in [-0.25, -0.2) is 13.2 Å². The standard InChI is InChI=1S/C8H15NO5S/c10-4-5-14-8(11)9-2-1-6-15(12,13)7-3-9/h10H,1-7H2. The molecule has 0 unspecified atom stereocenters. The molecule has 1 fully saturated rings. The van der Waals surface area contributed by atoms with Gasteiger partial charge in [0.15, 0.2) is 9.84 Å². The van der Waals surface area contributed by atoms with Gasteiger partial charge in [0, 0.05) is 13.1 Å². The Morgan fingerprint density at radius 1 is 1.33 bits per heavy atom. The van der Waals surface area contributed by atoms with Crippen molar-refractivity contribution in [2.45, 2.75) is 6.42 Å². The predicted molar refractivity (Wildman–Crippen MR) is 53.3 cm³/mol. The van der Waals surface area contributed by atoms with Gasteiger partial charge in [-0.05, 0) is 6.42 Å². The summed E-state index contributed by atoms with van der Waals surface area (Å²) in [4.78, 5) is 12.7. The molecular weight excluding hydrogens is 222 g/mol. The van der Waals surface area contributed by atoms with E-state index >= 15 is 0 Å². The van der Waals surface area contributed by atoms with Crippen LogP contribution in [0.2, 0.25) is 0 Å². The van der Waals surface area contributed by atoms with Crippen molar-refractivity contribution < 1.29 is 23.1 Å². The summed E-state index contributed by atoms with van der Waals surface area (Å²) < 4.78 is 27.2. The zero-order valence-electron chi connectivity index (χ0n) is 8.39. The van der Waals surface area contributed by atoms with Gasteiger partial charge in [-0.15, -0.1) is 0 Å². The zero-order chi connectivity index (χ0) is 11.3. The van der Waals surface area contributed by atoms with Crippen molar-refractivity contribution in [1.82, 2.24) is 4.90 Å². The van der Waals surface area contributed by atoms with Gasteiger partial charge in [0.2, 0.25) is 0 Å². The first-order chi connectivity index (χ1) is 7.05. The SMILES string of the molecule is O=C(OCCO)N1CCCS(=O)(=O)CC1. The second-order valence-electron chi connectivity index (χ2n) is 3.33. The maximum Gasteiger partial charge on any atom is 0.409 e. The molecule has 0 saturated carbocycles. The Morgan fingerprint density at radius 3 is 2.73 bits per heavy atom. The number of sulfone groups is 1. The summed E-state index contributed by atoms with van der Waals surface area (Å²) in [5.74, 6) is 0.109. The molecule has 0 aromatic carbocycles. The molecule has 1 rings (SSSR count). The minimum absolute atomic E-state index is 0.0127. The number of rotatable bonds is 2. The first-order valence-electron chi connectivity index (χ1n) is 4.78. The Labute approximate surface area is 88.7 Å². The van der Waals surface area contributed by atoms with Gasteiger partial charge < -0.3 is 14.7 Å². The lowest BCUT2D eigenvalue weighted by Crippen LogP contribution is -2.34. The normalized spacial score (nSPS) is 20.7. The smallest absolute Gasteiger partial charge is 0.409 e. The first kappa shape index (κ1) is 12.3. The van der Waals surface area contributed by atoms with Crippen LogP contribution < -0.4 is 0 Å². The molecule has 0 spiro atoms. The van der Waals surface area contributed by atoms with E-state index in [1.54, 1.807) is 0 Å². The molecule has 0 atom stereocenters. The second kappa shape index (κ2) is 5.32. The highest BCUT2D eigenvalue weighted by Crippen LogP contribution is 2.06. The van der Waals surface area contributed by atoms with Crippen molar-refractivity contribution in [2.24, 2.45) is 0 Å². The summed E-state index contributed by atoms with van der Waals surface area (Å²) in [5, 5.41) is 8.46. The fourth-order valence-electron chi connectivity index (χ4n) is 1.35. The summed E-state index contributed by atoms with van der Waals surface area (Å²) in [7, 11) is -3.00. The second-order valence-corrected chi connectivity index (χ2v) is 5.63. The van der Waals surface area contributed by atoms with Crippen molar-refractivity contribution in [3.63, 3.8) is 0 Å². The molecule has 1 N–H and O–H groups in total. The average Bonchev–Trinajstić information content (AvgIpc) is 2.36. The lowest BCUT2D eigenvalue weighted by molar-refractivity contribution is 0.0864. The summed E-state index contributed by atoms with van der Waals surface area (Å²) in [6.07, 6.45) is -0.113. The molecule has 1 saturated heterocycles. The van der Waals surface area contributed by atoms with E-state index in [-0.39, 0.29) is 31.3 Å². The number of ether oxygens (including phenoxy) is 1. The van der Waals surface area contributed by atoms with Gasteiger partial charge in [-0.2, -0.15) is 0 Å². The maximum atomic E-state index is 11.3. The van der Waals surface area contributed by atoms with E-state index in [1.165, 1.54) is 4.90 Å². The van der Waals surface area contributed by atoms with Gasteiger partial charge >= 0.3 is 6.09 Å². The van der Waals surface area contributed by atoms with E-state index in [9.17, 15) is 13.2 Å². The highest BCUT2D eigenvalue weighted by Gasteiger charge is 2.23. The molecule has 1 aliphatic heterocycles. The molecule has 0 aromatic heterocycles. The number of carbonyl (C=O) groups excluding carboxylic acids is 1. The lowest BCUT2D eigenvalue weighted by Gasteiger charge is -2.18. The van der Waals surface area contributed by atoms with Crippen LogP contribution in [-0.4, -0.2) is 62.3 Å². The summed E-state index contributed by atoms with van der Waals surface area (Å²) in [6, 6.07) is 0. The van der Waals surface area contributed by atoms with E-state index in [4.69, 9.17) is 9.84 Å². The molecule has 1 aliphatic rings. The highest BCUT2D eigenvalue weighted by molar-refractivity contribution is 7.91. The Morgan fingerprint density at radius 2 is 2.07 bits per heavy atom. The van der Waals surface area contributed by atoms with Crippen LogP contribution >= 0.6 is 0 Å². The lowest BCUT2D eigenvalue weighted by atomic mass is 10.4. The van der Waals surface area contributed by atoms with Crippen molar-refractivity contribution in [3.8, 4) is 0 Å².